The van der Waals surface area contributed by atoms with Crippen LogP contribution in [0.2, 0.25) is 0 Å². The molecular weight excluding hydrogens is 418 g/mol. The Labute approximate surface area is 194 Å². The summed E-state index contributed by atoms with van der Waals surface area (Å²) in [5.74, 6) is -0.481. The van der Waals surface area contributed by atoms with Gasteiger partial charge in [0.15, 0.2) is 5.60 Å². The molecule has 0 fully saturated rings. The number of ether oxygens (including phenoxy) is 1. The number of carbonyl (C=O) groups excluding carboxylic acids is 1. The molecule has 0 aliphatic rings. The van der Waals surface area contributed by atoms with Gasteiger partial charge in [0.1, 0.15) is 5.75 Å². The lowest BCUT2D eigenvalue weighted by Crippen LogP contribution is -2.46. The molecule has 0 heterocycles. The predicted molar refractivity (Wildman–Crippen MR) is 129 cm³/mol. The molecule has 0 spiro atoms. The van der Waals surface area contributed by atoms with Gasteiger partial charge in [0, 0.05) is 20.1 Å². The van der Waals surface area contributed by atoms with Crippen LogP contribution in [0.25, 0.3) is 11.1 Å². The van der Waals surface area contributed by atoms with E-state index in [1.807, 2.05) is 48.5 Å². The number of hydrogen-bond donors (Lipinski definition) is 3. The van der Waals surface area contributed by atoms with E-state index in [-0.39, 0.29) is 12.3 Å². The number of aliphatic carboxylic acids is 1. The summed E-state index contributed by atoms with van der Waals surface area (Å²) in [7, 11) is 1.00. The van der Waals surface area contributed by atoms with Crippen molar-refractivity contribution >= 4 is 11.9 Å². The minimum absolute atomic E-state index is 0.0829. The molecule has 0 bridgehead atoms. The first-order chi connectivity index (χ1) is 15.8. The van der Waals surface area contributed by atoms with Gasteiger partial charge >= 0.3 is 5.97 Å². The SMILES string of the molecule is CC(C)(Oc1ccc(CCC(=O)O)cc1)C(=O)NCc1cccc(-c2ccccc2)c1.CO. The van der Waals surface area contributed by atoms with Crippen molar-refractivity contribution in [3.63, 3.8) is 0 Å². The molecule has 0 saturated carbocycles. The number of carboxylic acids is 1. The van der Waals surface area contributed by atoms with E-state index in [1.165, 1.54) is 0 Å². The maximum atomic E-state index is 12.7. The molecule has 0 unspecified atom stereocenters. The average molecular weight is 450 g/mol. The standard InChI is InChI=1S/C26H27NO4.CH4O/c1-26(2,31-23-14-11-19(12-15-23)13-16-24(28)29)25(30)27-18-20-7-6-10-22(17-20)21-8-4-3-5-9-21;1-2/h3-12,14-15,17H,13,16,18H2,1-2H3,(H,27,30)(H,28,29);2H,1H3. The van der Waals surface area contributed by atoms with Crippen LogP contribution in [0.1, 0.15) is 31.4 Å². The molecule has 0 radical (unpaired) electrons. The zero-order valence-corrected chi connectivity index (χ0v) is 19.2. The van der Waals surface area contributed by atoms with Crippen LogP contribution < -0.4 is 10.1 Å². The molecule has 0 aliphatic heterocycles. The molecule has 3 rings (SSSR count). The molecule has 3 aromatic rings. The van der Waals surface area contributed by atoms with E-state index < -0.39 is 11.6 Å². The zero-order chi connectivity index (χ0) is 24.3. The Hall–Kier alpha value is -3.64. The molecule has 3 N–H and O–H groups in total. The highest BCUT2D eigenvalue weighted by Crippen LogP contribution is 2.22. The molecule has 33 heavy (non-hydrogen) atoms. The van der Waals surface area contributed by atoms with Crippen molar-refractivity contribution in [2.75, 3.05) is 7.11 Å². The quantitative estimate of drug-likeness (QED) is 0.448. The van der Waals surface area contributed by atoms with Gasteiger partial charge < -0.3 is 20.3 Å². The molecule has 174 valence electrons. The van der Waals surface area contributed by atoms with Crippen molar-refractivity contribution < 1.29 is 24.5 Å². The van der Waals surface area contributed by atoms with Gasteiger partial charge in [0.2, 0.25) is 0 Å². The van der Waals surface area contributed by atoms with Crippen LogP contribution in [-0.4, -0.2) is 34.8 Å². The Morgan fingerprint density at radius 3 is 2.12 bits per heavy atom. The van der Waals surface area contributed by atoms with E-state index in [0.29, 0.717) is 18.7 Å². The molecule has 6 nitrogen and oxygen atoms in total. The van der Waals surface area contributed by atoms with Crippen LogP contribution >= 0.6 is 0 Å². The fourth-order valence-electron chi connectivity index (χ4n) is 3.20. The van der Waals surface area contributed by atoms with Crippen LogP contribution in [0.3, 0.4) is 0 Å². The summed E-state index contributed by atoms with van der Waals surface area (Å²) >= 11 is 0. The minimum atomic E-state index is -1.06. The Morgan fingerprint density at radius 1 is 0.848 bits per heavy atom. The highest BCUT2D eigenvalue weighted by Gasteiger charge is 2.29. The normalized spacial score (nSPS) is 10.5. The maximum Gasteiger partial charge on any atom is 0.303 e. The van der Waals surface area contributed by atoms with Crippen LogP contribution in [0, 0.1) is 0 Å². The van der Waals surface area contributed by atoms with Crippen LogP contribution in [0.5, 0.6) is 5.75 Å². The second-order valence-electron chi connectivity index (χ2n) is 7.90. The van der Waals surface area contributed by atoms with Gasteiger partial charge in [-0.15, -0.1) is 0 Å². The molecule has 1 amide bonds. The molecule has 3 aromatic carbocycles. The van der Waals surface area contributed by atoms with Gasteiger partial charge in [-0.3, -0.25) is 9.59 Å². The summed E-state index contributed by atoms with van der Waals surface area (Å²) in [6, 6.07) is 25.3. The van der Waals surface area contributed by atoms with Crippen molar-refractivity contribution in [3.05, 3.63) is 90.0 Å². The van der Waals surface area contributed by atoms with Gasteiger partial charge in [-0.05, 0) is 60.7 Å². The number of benzene rings is 3. The maximum absolute atomic E-state index is 12.7. The fourth-order valence-corrected chi connectivity index (χ4v) is 3.20. The van der Waals surface area contributed by atoms with E-state index in [4.69, 9.17) is 14.9 Å². The first-order valence-corrected chi connectivity index (χ1v) is 10.7. The number of rotatable bonds is 9. The fraction of sp³-hybridized carbons (Fsp3) is 0.259. The first kappa shape index (κ1) is 25.6. The molecule has 0 saturated heterocycles. The van der Waals surface area contributed by atoms with E-state index in [1.54, 1.807) is 26.0 Å². The Kier molecular flexibility index (Phi) is 9.63. The summed E-state index contributed by atoms with van der Waals surface area (Å²) in [5.41, 5.74) is 3.10. The third kappa shape index (κ3) is 8.09. The van der Waals surface area contributed by atoms with E-state index >= 15 is 0 Å². The number of hydrogen-bond acceptors (Lipinski definition) is 4. The number of aryl methyl sites for hydroxylation is 1. The minimum Gasteiger partial charge on any atom is -0.481 e. The lowest BCUT2D eigenvalue weighted by Gasteiger charge is -2.25. The number of carbonyl (C=O) groups is 2. The lowest BCUT2D eigenvalue weighted by molar-refractivity contribution is -0.137. The van der Waals surface area contributed by atoms with Gasteiger partial charge in [0.05, 0.1) is 0 Å². The number of nitrogens with one attached hydrogen (secondary N) is 1. The monoisotopic (exact) mass is 449 g/mol. The predicted octanol–water partition coefficient (Wildman–Crippen LogP) is 4.45. The highest BCUT2D eigenvalue weighted by atomic mass is 16.5. The number of aliphatic hydroxyl groups is 1. The third-order valence-electron chi connectivity index (χ3n) is 4.96. The second-order valence-corrected chi connectivity index (χ2v) is 7.90. The van der Waals surface area contributed by atoms with E-state index in [2.05, 4.69) is 23.5 Å². The Balaban J connectivity index is 0.00000187. The third-order valence-corrected chi connectivity index (χ3v) is 4.96. The summed E-state index contributed by atoms with van der Waals surface area (Å²) in [6.07, 6.45) is 0.543. The second kappa shape index (κ2) is 12.4. The van der Waals surface area contributed by atoms with E-state index in [9.17, 15) is 9.59 Å². The molecule has 0 atom stereocenters. The van der Waals surface area contributed by atoms with Crippen molar-refractivity contribution in [3.8, 4) is 16.9 Å². The smallest absolute Gasteiger partial charge is 0.303 e. The Morgan fingerprint density at radius 2 is 1.48 bits per heavy atom. The number of amides is 1. The molecule has 0 aliphatic carbocycles. The van der Waals surface area contributed by atoms with Crippen molar-refractivity contribution in [1.29, 1.82) is 0 Å². The molecular formula is C27H31NO5. The summed E-state index contributed by atoms with van der Waals surface area (Å²) < 4.78 is 5.90. The van der Waals surface area contributed by atoms with Crippen LogP contribution in [0.15, 0.2) is 78.9 Å². The molecule has 0 aromatic heterocycles. The van der Waals surface area contributed by atoms with E-state index in [0.717, 1.165) is 29.4 Å². The lowest BCUT2D eigenvalue weighted by atomic mass is 10.0. The largest absolute Gasteiger partial charge is 0.481 e. The number of carboxylic acid groups (broad SMARTS) is 1. The highest BCUT2D eigenvalue weighted by molar-refractivity contribution is 5.84. The Bertz CT molecular complexity index is 1030. The topological polar surface area (TPSA) is 95.9 Å². The van der Waals surface area contributed by atoms with Crippen molar-refractivity contribution in [2.24, 2.45) is 0 Å². The van der Waals surface area contributed by atoms with Gasteiger partial charge in [0.25, 0.3) is 5.91 Å². The first-order valence-electron chi connectivity index (χ1n) is 10.7. The van der Waals surface area contributed by atoms with Crippen LogP contribution in [-0.2, 0) is 22.6 Å². The van der Waals surface area contributed by atoms with Gasteiger partial charge in [-0.25, -0.2) is 0 Å². The van der Waals surface area contributed by atoms with Crippen molar-refractivity contribution in [1.82, 2.24) is 5.32 Å². The number of aliphatic hydroxyl groups excluding tert-OH is 1. The van der Waals surface area contributed by atoms with Crippen molar-refractivity contribution in [2.45, 2.75) is 38.8 Å². The van der Waals surface area contributed by atoms with Crippen LogP contribution in [0.4, 0.5) is 0 Å². The summed E-state index contributed by atoms with van der Waals surface area (Å²) in [6.45, 7) is 3.85. The van der Waals surface area contributed by atoms with Gasteiger partial charge in [-0.2, -0.15) is 0 Å². The summed E-state index contributed by atoms with van der Waals surface area (Å²) in [5, 5.41) is 18.7. The van der Waals surface area contributed by atoms with Gasteiger partial charge in [-0.1, -0.05) is 60.7 Å². The molecule has 6 heteroatoms. The zero-order valence-electron chi connectivity index (χ0n) is 19.2. The summed E-state index contributed by atoms with van der Waals surface area (Å²) in [4.78, 5) is 23.4. The average Bonchev–Trinajstić information content (AvgIpc) is 2.84.